The summed E-state index contributed by atoms with van der Waals surface area (Å²) < 4.78 is 31.5. The fourth-order valence-corrected chi connectivity index (χ4v) is 6.50. The third-order valence-electron chi connectivity index (χ3n) is 6.82. The van der Waals surface area contributed by atoms with Crippen molar-refractivity contribution in [2.45, 2.75) is 51.2 Å². The van der Waals surface area contributed by atoms with Crippen LogP contribution in [-0.4, -0.2) is 52.6 Å². The van der Waals surface area contributed by atoms with Gasteiger partial charge in [0.25, 0.3) is 11.8 Å². The summed E-state index contributed by atoms with van der Waals surface area (Å²) in [7, 11) is -3.11. The fourth-order valence-electron chi connectivity index (χ4n) is 4.81. The number of benzene rings is 1. The first kappa shape index (κ1) is 22.0. The molecule has 2 aliphatic heterocycles. The lowest BCUT2D eigenvalue weighted by atomic mass is 10.1. The largest absolute Gasteiger partial charge is 0.479 e. The molecule has 2 N–H and O–H groups in total. The molecular formula is C24H25N5O5S. The number of aromatic nitrogens is 3. The Morgan fingerprint density at radius 1 is 1.23 bits per heavy atom. The maximum Gasteiger partial charge on any atom is 0.265 e. The van der Waals surface area contributed by atoms with Crippen LogP contribution >= 0.6 is 0 Å². The maximum absolute atomic E-state index is 13.5. The minimum atomic E-state index is -3.11. The van der Waals surface area contributed by atoms with Gasteiger partial charge in [-0.25, -0.2) is 18.1 Å². The summed E-state index contributed by atoms with van der Waals surface area (Å²) in [6, 6.07) is 6.63. The van der Waals surface area contributed by atoms with Crippen LogP contribution < -0.4 is 15.4 Å². The summed E-state index contributed by atoms with van der Waals surface area (Å²) in [5.74, 6) is 0.425. The number of pyridine rings is 1. The van der Waals surface area contributed by atoms with E-state index in [1.54, 1.807) is 29.8 Å². The second-order valence-corrected chi connectivity index (χ2v) is 11.8. The van der Waals surface area contributed by atoms with E-state index in [1.807, 2.05) is 13.0 Å². The van der Waals surface area contributed by atoms with Gasteiger partial charge < -0.3 is 15.4 Å². The highest BCUT2D eigenvalue weighted by atomic mass is 32.2. The smallest absolute Gasteiger partial charge is 0.265 e. The third kappa shape index (κ3) is 3.93. The van der Waals surface area contributed by atoms with E-state index in [2.05, 4.69) is 15.7 Å². The van der Waals surface area contributed by atoms with E-state index in [4.69, 9.17) is 9.72 Å². The van der Waals surface area contributed by atoms with Gasteiger partial charge in [-0.05, 0) is 57.4 Å². The SMILES string of the molecule is Cc1nn([C@H]2CCS(=O)(=O)C2)c2nc(C3CC3)cc(C(=O)Nc3ccc4c(c3)NC(=O)[C@@H](C)O4)c12. The number of fused-ring (bicyclic) bond motifs is 2. The van der Waals surface area contributed by atoms with Gasteiger partial charge in [-0.2, -0.15) is 5.10 Å². The zero-order chi connectivity index (χ0) is 24.5. The molecule has 0 bridgehead atoms. The number of nitrogens with zero attached hydrogens (tertiary/aromatic N) is 3. The number of carbonyl (C=O) groups excluding carboxylic acids is 2. The van der Waals surface area contributed by atoms with Gasteiger partial charge in [0, 0.05) is 17.3 Å². The van der Waals surface area contributed by atoms with E-state index < -0.39 is 15.9 Å². The van der Waals surface area contributed by atoms with Gasteiger partial charge >= 0.3 is 0 Å². The lowest BCUT2D eigenvalue weighted by Gasteiger charge is -2.23. The molecule has 1 aromatic carbocycles. The lowest BCUT2D eigenvalue weighted by Crippen LogP contribution is -2.34. The van der Waals surface area contributed by atoms with Crippen molar-refractivity contribution in [1.82, 2.24) is 14.8 Å². The second-order valence-electron chi connectivity index (χ2n) is 9.57. The van der Waals surface area contributed by atoms with Gasteiger partial charge in [-0.3, -0.25) is 9.59 Å². The number of ether oxygens (including phenoxy) is 1. The molecule has 0 unspecified atom stereocenters. The Morgan fingerprint density at radius 3 is 2.74 bits per heavy atom. The Kier molecular flexibility index (Phi) is 4.89. The molecule has 6 rings (SSSR count). The van der Waals surface area contributed by atoms with Crippen LogP contribution in [-0.2, 0) is 14.6 Å². The van der Waals surface area contributed by atoms with Gasteiger partial charge in [-0.15, -0.1) is 0 Å². The van der Waals surface area contributed by atoms with Crippen molar-refractivity contribution < 1.29 is 22.7 Å². The van der Waals surface area contributed by atoms with E-state index in [1.165, 1.54) is 0 Å². The monoisotopic (exact) mass is 495 g/mol. The van der Waals surface area contributed by atoms with Crippen LogP contribution in [0.2, 0.25) is 0 Å². The van der Waals surface area contributed by atoms with Gasteiger partial charge in [0.05, 0.1) is 39.9 Å². The number of carbonyl (C=O) groups is 2. The van der Waals surface area contributed by atoms with Crippen LogP contribution in [0.5, 0.6) is 5.75 Å². The number of anilines is 2. The predicted octanol–water partition coefficient (Wildman–Crippen LogP) is 2.95. The molecule has 2 aromatic heterocycles. The number of rotatable bonds is 4. The third-order valence-corrected chi connectivity index (χ3v) is 8.57. The van der Waals surface area contributed by atoms with E-state index in [0.29, 0.717) is 51.8 Å². The van der Waals surface area contributed by atoms with Gasteiger partial charge in [0.2, 0.25) is 0 Å². The number of nitrogens with one attached hydrogen (secondary N) is 2. The van der Waals surface area contributed by atoms with Crippen molar-refractivity contribution in [2.24, 2.45) is 0 Å². The number of hydrogen-bond donors (Lipinski definition) is 2. The molecule has 0 radical (unpaired) electrons. The summed E-state index contributed by atoms with van der Waals surface area (Å²) in [4.78, 5) is 30.3. The van der Waals surface area contributed by atoms with E-state index >= 15 is 0 Å². The van der Waals surface area contributed by atoms with Crippen molar-refractivity contribution in [1.29, 1.82) is 0 Å². The summed E-state index contributed by atoms with van der Waals surface area (Å²) in [5.41, 5.74) is 3.47. The van der Waals surface area contributed by atoms with Crippen LogP contribution in [0, 0.1) is 6.92 Å². The molecule has 2 atom stereocenters. The summed E-state index contributed by atoms with van der Waals surface area (Å²) in [5, 5.41) is 11.0. The van der Waals surface area contributed by atoms with E-state index in [-0.39, 0.29) is 29.4 Å². The molecule has 10 nitrogen and oxygen atoms in total. The Labute approximate surface area is 202 Å². The van der Waals surface area contributed by atoms with Crippen LogP contribution in [0.1, 0.15) is 59.9 Å². The van der Waals surface area contributed by atoms with E-state index in [9.17, 15) is 18.0 Å². The highest BCUT2D eigenvalue weighted by Gasteiger charge is 2.34. The molecule has 35 heavy (non-hydrogen) atoms. The van der Waals surface area contributed by atoms with E-state index in [0.717, 1.165) is 18.5 Å². The van der Waals surface area contributed by atoms with Crippen LogP contribution in [0.3, 0.4) is 0 Å². The Morgan fingerprint density at radius 2 is 2.03 bits per heavy atom. The zero-order valence-electron chi connectivity index (χ0n) is 19.4. The van der Waals surface area contributed by atoms with Crippen LogP contribution in [0.25, 0.3) is 11.0 Å². The molecule has 3 aromatic rings. The summed E-state index contributed by atoms with van der Waals surface area (Å²) in [6.45, 7) is 3.48. The number of amides is 2. The van der Waals surface area contributed by atoms with Gasteiger partial charge in [0.15, 0.2) is 21.6 Å². The molecular weight excluding hydrogens is 470 g/mol. The number of hydrogen-bond acceptors (Lipinski definition) is 7. The zero-order valence-corrected chi connectivity index (χ0v) is 20.2. The number of aryl methyl sites for hydroxylation is 1. The minimum absolute atomic E-state index is 0.0294. The van der Waals surface area contributed by atoms with Gasteiger partial charge in [-0.1, -0.05) is 0 Å². The molecule has 1 saturated carbocycles. The summed E-state index contributed by atoms with van der Waals surface area (Å²) >= 11 is 0. The highest BCUT2D eigenvalue weighted by Crippen LogP contribution is 2.41. The Hall–Kier alpha value is -3.47. The van der Waals surface area contributed by atoms with Crippen molar-refractivity contribution in [2.75, 3.05) is 22.1 Å². The molecule has 0 spiro atoms. The first-order valence-corrected chi connectivity index (χ1v) is 13.5. The van der Waals surface area contributed by atoms with Crippen LogP contribution in [0.15, 0.2) is 24.3 Å². The number of sulfone groups is 1. The molecule has 2 amide bonds. The first-order valence-electron chi connectivity index (χ1n) is 11.7. The average molecular weight is 496 g/mol. The van der Waals surface area contributed by atoms with Crippen molar-refractivity contribution in [3.05, 3.63) is 41.2 Å². The second kappa shape index (κ2) is 7.77. The van der Waals surface area contributed by atoms with Crippen molar-refractivity contribution in [3.8, 4) is 5.75 Å². The maximum atomic E-state index is 13.5. The molecule has 1 saturated heterocycles. The Bertz CT molecular complexity index is 1510. The minimum Gasteiger partial charge on any atom is -0.479 e. The topological polar surface area (TPSA) is 132 Å². The predicted molar refractivity (Wildman–Crippen MR) is 130 cm³/mol. The quantitative estimate of drug-likeness (QED) is 0.569. The fraction of sp³-hybridized carbons (Fsp3) is 0.417. The Balaban J connectivity index is 1.38. The normalized spacial score (nSPS) is 23.0. The van der Waals surface area contributed by atoms with Gasteiger partial charge in [0.1, 0.15) is 5.75 Å². The molecule has 2 fully saturated rings. The average Bonchev–Trinajstić information content (AvgIpc) is 3.52. The van der Waals surface area contributed by atoms with Crippen molar-refractivity contribution >= 4 is 44.1 Å². The van der Waals surface area contributed by atoms with Crippen molar-refractivity contribution in [3.63, 3.8) is 0 Å². The molecule has 1 aliphatic carbocycles. The molecule has 3 aliphatic rings. The summed E-state index contributed by atoms with van der Waals surface area (Å²) in [6.07, 6.45) is 1.92. The lowest BCUT2D eigenvalue weighted by molar-refractivity contribution is -0.122. The molecule has 182 valence electrons. The van der Waals surface area contributed by atoms with Crippen LogP contribution in [0.4, 0.5) is 11.4 Å². The molecule has 4 heterocycles. The highest BCUT2D eigenvalue weighted by molar-refractivity contribution is 7.91. The standard InChI is InChI=1S/C24H25N5O5S/c1-12-21-17(24(31)25-15-5-6-20-19(9-15)27-23(30)13(2)34-20)10-18(14-3-4-14)26-22(21)29(28-12)16-7-8-35(32,33)11-16/h5-6,9-10,13-14,16H,3-4,7-8,11H2,1-2H3,(H,25,31)(H,27,30)/t13-,16+/m1/s1. The molecule has 11 heteroatoms. The first-order chi connectivity index (χ1) is 16.7.